The number of hydrogen-bond donors (Lipinski definition) is 0. The molecule has 1 aromatic carbocycles. The highest BCUT2D eigenvalue weighted by atomic mass is 16.5. The number of ether oxygens (including phenoxy) is 1. The predicted octanol–water partition coefficient (Wildman–Crippen LogP) is 2.19. The van der Waals surface area contributed by atoms with Gasteiger partial charge in [0.15, 0.2) is 0 Å². The van der Waals surface area contributed by atoms with Crippen molar-refractivity contribution < 1.29 is 9.53 Å². The van der Waals surface area contributed by atoms with E-state index in [2.05, 4.69) is 11.1 Å². The molecule has 0 radical (unpaired) electrons. The minimum atomic E-state index is 0.0238. The summed E-state index contributed by atoms with van der Waals surface area (Å²) >= 11 is 0. The first-order chi connectivity index (χ1) is 11.2. The second kappa shape index (κ2) is 6.63. The molecule has 0 saturated heterocycles. The molecule has 2 aromatic rings. The fourth-order valence-electron chi connectivity index (χ4n) is 2.73. The topological polar surface area (TPSA) is 71.2 Å². The number of nitrogens with zero attached hydrogens (tertiary/aromatic N) is 4. The van der Waals surface area contributed by atoms with Crippen LogP contribution in [0.4, 0.5) is 5.95 Å². The number of aryl methyl sites for hydroxylation is 1. The summed E-state index contributed by atoms with van der Waals surface area (Å²) in [5.74, 6) is 0.699. The molecule has 0 fully saturated rings. The second-order valence-corrected chi connectivity index (χ2v) is 5.45. The first-order valence-corrected chi connectivity index (χ1v) is 7.60. The van der Waals surface area contributed by atoms with Gasteiger partial charge < -0.3 is 9.30 Å². The van der Waals surface area contributed by atoms with Crippen molar-refractivity contribution in [2.24, 2.45) is 0 Å². The van der Waals surface area contributed by atoms with Crippen molar-refractivity contribution >= 4 is 11.9 Å². The van der Waals surface area contributed by atoms with Crippen molar-refractivity contribution in [1.82, 2.24) is 9.55 Å². The molecule has 6 nitrogen and oxygen atoms in total. The van der Waals surface area contributed by atoms with Crippen molar-refractivity contribution in [1.29, 1.82) is 5.26 Å². The van der Waals surface area contributed by atoms with E-state index >= 15 is 0 Å². The molecule has 1 aromatic heterocycles. The Morgan fingerprint density at radius 3 is 3.09 bits per heavy atom. The Bertz CT molecular complexity index is 760. The number of benzene rings is 1. The van der Waals surface area contributed by atoms with E-state index in [-0.39, 0.29) is 5.91 Å². The molecule has 0 unspecified atom stereocenters. The fourth-order valence-corrected chi connectivity index (χ4v) is 2.73. The summed E-state index contributed by atoms with van der Waals surface area (Å²) < 4.78 is 6.99. The van der Waals surface area contributed by atoms with E-state index in [0.717, 1.165) is 24.2 Å². The van der Waals surface area contributed by atoms with Crippen molar-refractivity contribution in [3.05, 3.63) is 36.0 Å². The molecular weight excluding hydrogens is 292 g/mol. The van der Waals surface area contributed by atoms with Gasteiger partial charge in [0, 0.05) is 32.0 Å². The molecule has 0 spiro atoms. The maximum Gasteiger partial charge on any atom is 0.231 e. The van der Waals surface area contributed by atoms with Gasteiger partial charge in [-0.1, -0.05) is 12.1 Å². The molecule has 6 heteroatoms. The van der Waals surface area contributed by atoms with Gasteiger partial charge in [-0.05, 0) is 18.6 Å². The summed E-state index contributed by atoms with van der Waals surface area (Å²) in [5.41, 5.74) is 2.26. The summed E-state index contributed by atoms with van der Waals surface area (Å²) in [4.78, 5) is 18.7. The molecular formula is C17H18N4O2. The average molecular weight is 310 g/mol. The highest BCUT2D eigenvalue weighted by Crippen LogP contribution is 2.27. The van der Waals surface area contributed by atoms with Crippen molar-refractivity contribution in [2.45, 2.75) is 19.4 Å². The number of imidazole rings is 1. The van der Waals surface area contributed by atoms with Crippen molar-refractivity contribution in [3.63, 3.8) is 0 Å². The van der Waals surface area contributed by atoms with Crippen LogP contribution in [0.25, 0.3) is 11.3 Å². The lowest BCUT2D eigenvalue weighted by Crippen LogP contribution is -2.38. The summed E-state index contributed by atoms with van der Waals surface area (Å²) in [6.07, 6.45) is 3.20. The Labute approximate surface area is 134 Å². The Morgan fingerprint density at radius 2 is 2.30 bits per heavy atom. The molecule has 1 aliphatic heterocycles. The molecule has 0 N–H and O–H groups in total. The number of methoxy groups -OCH3 is 1. The lowest BCUT2D eigenvalue weighted by Gasteiger charge is -2.27. The van der Waals surface area contributed by atoms with E-state index in [9.17, 15) is 4.79 Å². The van der Waals surface area contributed by atoms with Crippen LogP contribution in [0.3, 0.4) is 0 Å². The van der Waals surface area contributed by atoms with Crippen LogP contribution < -0.4 is 4.90 Å². The molecule has 118 valence electrons. The van der Waals surface area contributed by atoms with Gasteiger partial charge in [-0.2, -0.15) is 5.26 Å². The molecule has 0 saturated carbocycles. The zero-order chi connectivity index (χ0) is 16.2. The molecule has 0 bridgehead atoms. The molecule has 3 rings (SSSR count). The third-order valence-electron chi connectivity index (χ3n) is 3.89. The molecule has 23 heavy (non-hydrogen) atoms. The third-order valence-corrected chi connectivity index (χ3v) is 3.89. The van der Waals surface area contributed by atoms with Crippen LogP contribution in [0, 0.1) is 11.3 Å². The van der Waals surface area contributed by atoms with Gasteiger partial charge in [0.25, 0.3) is 0 Å². The number of aromatic nitrogens is 2. The number of nitriles is 1. The summed E-state index contributed by atoms with van der Waals surface area (Å²) in [6.45, 7) is 1.93. The number of rotatable bonds is 4. The van der Waals surface area contributed by atoms with Crippen molar-refractivity contribution in [2.75, 3.05) is 25.2 Å². The SMILES string of the molecule is COCCC(=O)N1CCCn2cc(-c3cccc(C#N)c3)nc21. The minimum absolute atomic E-state index is 0.0238. The monoisotopic (exact) mass is 310 g/mol. The molecule has 0 aliphatic carbocycles. The standard InChI is InChI=1S/C17H18N4O2/c1-23-9-6-16(22)21-8-3-7-20-12-15(19-17(20)21)14-5-2-4-13(10-14)11-18/h2,4-5,10,12H,3,6-9H2,1H3. The number of anilines is 1. The maximum absolute atomic E-state index is 12.3. The molecule has 1 aliphatic rings. The third kappa shape index (κ3) is 3.10. The molecule has 2 heterocycles. The van der Waals surface area contributed by atoms with E-state index in [4.69, 9.17) is 10.00 Å². The van der Waals surface area contributed by atoms with E-state index < -0.39 is 0 Å². The van der Waals surface area contributed by atoms with Gasteiger partial charge in [0.05, 0.1) is 30.4 Å². The van der Waals surface area contributed by atoms with Crippen LogP contribution in [0.1, 0.15) is 18.4 Å². The van der Waals surface area contributed by atoms with E-state index in [1.807, 2.05) is 29.0 Å². The first-order valence-electron chi connectivity index (χ1n) is 7.60. The van der Waals surface area contributed by atoms with Gasteiger partial charge >= 0.3 is 0 Å². The zero-order valence-electron chi connectivity index (χ0n) is 13.0. The van der Waals surface area contributed by atoms with Gasteiger partial charge in [-0.25, -0.2) is 4.98 Å². The first kappa shape index (κ1) is 15.3. The Morgan fingerprint density at radius 1 is 1.43 bits per heavy atom. The van der Waals surface area contributed by atoms with Crippen LogP contribution in [-0.4, -0.2) is 35.7 Å². The fraction of sp³-hybridized carbons (Fsp3) is 0.353. The highest BCUT2D eigenvalue weighted by Gasteiger charge is 2.25. The minimum Gasteiger partial charge on any atom is -0.384 e. The smallest absolute Gasteiger partial charge is 0.231 e. The lowest BCUT2D eigenvalue weighted by atomic mass is 10.1. The predicted molar refractivity (Wildman–Crippen MR) is 85.8 cm³/mol. The van der Waals surface area contributed by atoms with Gasteiger partial charge in [-0.15, -0.1) is 0 Å². The van der Waals surface area contributed by atoms with Crippen LogP contribution in [0.15, 0.2) is 30.5 Å². The Balaban J connectivity index is 1.91. The normalized spacial score (nSPS) is 13.5. The van der Waals surface area contributed by atoms with Crippen LogP contribution in [0.2, 0.25) is 0 Å². The zero-order valence-corrected chi connectivity index (χ0v) is 13.0. The van der Waals surface area contributed by atoms with Crippen LogP contribution >= 0.6 is 0 Å². The summed E-state index contributed by atoms with van der Waals surface area (Å²) in [5, 5.41) is 9.03. The number of carbonyl (C=O) groups is 1. The largest absolute Gasteiger partial charge is 0.384 e. The molecule has 0 atom stereocenters. The average Bonchev–Trinajstić information content (AvgIpc) is 3.03. The van der Waals surface area contributed by atoms with Gasteiger partial charge in [0.1, 0.15) is 0 Å². The van der Waals surface area contributed by atoms with E-state index in [1.165, 1.54) is 0 Å². The van der Waals surface area contributed by atoms with E-state index in [1.54, 1.807) is 18.1 Å². The van der Waals surface area contributed by atoms with Crippen molar-refractivity contribution in [3.8, 4) is 17.3 Å². The summed E-state index contributed by atoms with van der Waals surface area (Å²) in [7, 11) is 1.59. The summed E-state index contributed by atoms with van der Waals surface area (Å²) in [6, 6.07) is 9.47. The molecule has 1 amide bonds. The number of fused-ring (bicyclic) bond motifs is 1. The Kier molecular flexibility index (Phi) is 4.40. The van der Waals surface area contributed by atoms with E-state index in [0.29, 0.717) is 31.1 Å². The number of hydrogen-bond acceptors (Lipinski definition) is 4. The van der Waals surface area contributed by atoms with Gasteiger partial charge in [0.2, 0.25) is 11.9 Å². The van der Waals surface area contributed by atoms with Crippen LogP contribution in [-0.2, 0) is 16.1 Å². The highest BCUT2D eigenvalue weighted by molar-refractivity contribution is 5.92. The second-order valence-electron chi connectivity index (χ2n) is 5.45. The van der Waals surface area contributed by atoms with Crippen LogP contribution in [0.5, 0.6) is 0 Å². The number of carbonyl (C=O) groups excluding carboxylic acids is 1. The Hall–Kier alpha value is -2.65. The maximum atomic E-state index is 12.3. The van der Waals surface area contributed by atoms with Gasteiger partial charge in [-0.3, -0.25) is 9.69 Å². The quantitative estimate of drug-likeness (QED) is 0.868. The lowest BCUT2D eigenvalue weighted by molar-refractivity contribution is -0.119. The number of amides is 1.